The fourth-order valence-corrected chi connectivity index (χ4v) is 13.6. The lowest BCUT2D eigenvalue weighted by Gasteiger charge is -2.60. The molecule has 10 nitrogen and oxygen atoms in total. The van der Waals surface area contributed by atoms with Crippen LogP contribution in [-0.4, -0.2) is 96.6 Å². The number of hydrogen-bond acceptors (Lipinski definition) is 9. The molecule has 7 rings (SSSR count). The van der Waals surface area contributed by atoms with Crippen LogP contribution in [-0.2, 0) is 28.5 Å². The third-order valence-corrected chi connectivity index (χ3v) is 15.4. The molecule has 0 aromatic carbocycles. The van der Waals surface area contributed by atoms with Crippen LogP contribution in [0, 0.1) is 76.9 Å². The maximum absolute atomic E-state index is 12.0. The first-order chi connectivity index (χ1) is 24.6. The molecule has 2 spiro atoms. The number of rotatable bonds is 7. The molecule has 0 aromatic rings. The fraction of sp³-hybridized carbons (Fsp3) is 0.860. The van der Waals surface area contributed by atoms with Crippen molar-refractivity contribution in [3.63, 3.8) is 0 Å². The van der Waals surface area contributed by atoms with Gasteiger partial charge >= 0.3 is 5.97 Å². The summed E-state index contributed by atoms with van der Waals surface area (Å²) >= 11 is 0. The van der Waals surface area contributed by atoms with Crippen LogP contribution in [0.5, 0.6) is 0 Å². The lowest BCUT2D eigenvalue weighted by molar-refractivity contribution is -0.245. The Morgan fingerprint density at radius 2 is 1.60 bits per heavy atom. The zero-order valence-electron chi connectivity index (χ0n) is 33.1. The summed E-state index contributed by atoms with van der Waals surface area (Å²) in [6.07, 6.45) is 25.5. The number of morpholine rings is 1. The number of ether oxygens (including phenoxy) is 4. The molecule has 0 aromatic heterocycles. The summed E-state index contributed by atoms with van der Waals surface area (Å²) in [5.41, 5.74) is 5.43. The Bertz CT molecular complexity index is 1300. The van der Waals surface area contributed by atoms with E-state index >= 15 is 0 Å². The number of hydrogen-bond donors (Lipinski definition) is 3. The van der Waals surface area contributed by atoms with Crippen molar-refractivity contribution in [1.29, 1.82) is 0 Å². The van der Waals surface area contributed by atoms with Crippen LogP contribution in [0.2, 0.25) is 0 Å². The van der Waals surface area contributed by atoms with Crippen molar-refractivity contribution in [2.24, 2.45) is 57.0 Å². The van der Waals surface area contributed by atoms with E-state index in [2.05, 4.69) is 58.3 Å². The highest BCUT2D eigenvalue weighted by atomic mass is 16.7. The maximum atomic E-state index is 12.0. The van der Waals surface area contributed by atoms with Gasteiger partial charge in [-0.3, -0.25) is 14.5 Å². The predicted molar refractivity (Wildman–Crippen MR) is 207 cm³/mol. The van der Waals surface area contributed by atoms with Crippen LogP contribution in [0.4, 0.5) is 0 Å². The van der Waals surface area contributed by atoms with E-state index in [9.17, 15) is 14.7 Å². The quantitative estimate of drug-likeness (QED) is 0.231. The number of esters is 1. The Hall–Kier alpha value is -2.18. The largest absolute Gasteiger partial charge is 0.457 e. The molecule has 7 aliphatic rings. The van der Waals surface area contributed by atoms with Crippen LogP contribution in [0.3, 0.4) is 0 Å². The van der Waals surface area contributed by atoms with Crippen molar-refractivity contribution >= 4 is 11.9 Å². The molecule has 53 heavy (non-hydrogen) atoms. The van der Waals surface area contributed by atoms with Gasteiger partial charge in [0, 0.05) is 20.6 Å². The van der Waals surface area contributed by atoms with Gasteiger partial charge in [-0.25, -0.2) is 0 Å². The molecule has 13 atom stereocenters. The lowest BCUT2D eigenvalue weighted by Crippen LogP contribution is -2.56. The second-order valence-corrected chi connectivity index (χ2v) is 18.0. The molecule has 4 N–H and O–H groups in total. The molecule has 1 amide bonds. The molecule has 2 saturated heterocycles. The zero-order valence-corrected chi connectivity index (χ0v) is 33.1. The van der Waals surface area contributed by atoms with E-state index in [1.807, 2.05) is 0 Å². The predicted octanol–water partition coefficient (Wildman–Crippen LogP) is 5.41. The van der Waals surface area contributed by atoms with Gasteiger partial charge in [0.1, 0.15) is 0 Å². The molecule has 7 fully saturated rings. The molecule has 0 radical (unpaired) electrons. The van der Waals surface area contributed by atoms with Gasteiger partial charge in [0.15, 0.2) is 12.4 Å². The van der Waals surface area contributed by atoms with E-state index in [-0.39, 0.29) is 61.3 Å². The number of carbonyl (C=O) groups is 2. The van der Waals surface area contributed by atoms with Gasteiger partial charge in [-0.2, -0.15) is 0 Å². The first kappa shape index (κ1) is 45.2. The van der Waals surface area contributed by atoms with Gasteiger partial charge in [-0.05, 0) is 123 Å². The smallest absolute Gasteiger partial charge is 0.303 e. The van der Waals surface area contributed by atoms with Gasteiger partial charge in [-0.15, -0.1) is 25.7 Å². The summed E-state index contributed by atoms with van der Waals surface area (Å²) in [7, 11) is 1.00. The Kier molecular flexibility index (Phi) is 14.4. The van der Waals surface area contributed by atoms with Crippen molar-refractivity contribution in [3.05, 3.63) is 0 Å². The molecule has 10 heteroatoms. The van der Waals surface area contributed by atoms with Crippen molar-refractivity contribution in [2.75, 3.05) is 33.4 Å². The van der Waals surface area contributed by atoms with Crippen LogP contribution in [0.15, 0.2) is 0 Å². The first-order valence-electron chi connectivity index (χ1n) is 19.5. The Balaban J connectivity index is 0.00000103. The number of aliphatic hydroxyl groups is 2. The molecule has 6 unspecified atom stereocenters. The minimum atomic E-state index is -1.15. The van der Waals surface area contributed by atoms with E-state index < -0.39 is 11.7 Å². The van der Waals surface area contributed by atoms with E-state index in [1.54, 1.807) is 13.8 Å². The summed E-state index contributed by atoms with van der Waals surface area (Å²) in [6.45, 7) is 17.1. The van der Waals surface area contributed by atoms with Gasteiger partial charge < -0.3 is 34.9 Å². The highest BCUT2D eigenvalue weighted by molar-refractivity contribution is 5.75. The number of nitrogens with two attached hydrogens (primary N) is 1. The Labute approximate surface area is 321 Å². The SMILES string of the molecule is C.C#C.C#C.CC(=O)O[C@@H]([C@H]1CCC2C(CC3[C@@H]4CCC5C(C)(C)[C@@H](OC6CN(CC(N)=O)CCO6)CCC56[C@@H](C)[C@@]46CC[C@]23C)O1)C(C)(C)O.CO. The molecule has 2 aliphatic heterocycles. The van der Waals surface area contributed by atoms with E-state index in [1.165, 1.54) is 39.0 Å². The monoisotopic (exact) mass is 745 g/mol. The number of terminal acetylenes is 2. The summed E-state index contributed by atoms with van der Waals surface area (Å²) in [6, 6.07) is 0. The second kappa shape index (κ2) is 16.9. The van der Waals surface area contributed by atoms with Gasteiger partial charge in [0.05, 0.1) is 43.6 Å². The minimum Gasteiger partial charge on any atom is -0.457 e. The molecule has 302 valence electrons. The average Bonchev–Trinajstić information content (AvgIpc) is 3.48. The zero-order chi connectivity index (χ0) is 39.0. The third kappa shape index (κ3) is 7.43. The van der Waals surface area contributed by atoms with Crippen molar-refractivity contribution in [2.45, 2.75) is 150 Å². The fourth-order valence-electron chi connectivity index (χ4n) is 13.6. The van der Waals surface area contributed by atoms with Crippen LogP contribution >= 0.6 is 0 Å². The summed E-state index contributed by atoms with van der Waals surface area (Å²) < 4.78 is 25.4. The van der Waals surface area contributed by atoms with E-state index in [0.717, 1.165) is 44.6 Å². The van der Waals surface area contributed by atoms with E-state index in [4.69, 9.17) is 29.8 Å². The molecular weight excluding hydrogens is 672 g/mol. The summed E-state index contributed by atoms with van der Waals surface area (Å²) in [4.78, 5) is 25.6. The minimum absolute atomic E-state index is 0. The number of nitrogens with zero attached hydrogens (tertiary/aromatic N) is 1. The number of fused-ring (bicyclic) bond motifs is 4. The highest BCUT2D eigenvalue weighted by Gasteiger charge is 2.84. The number of amides is 1. The summed E-state index contributed by atoms with van der Waals surface area (Å²) in [5, 5.41) is 17.9. The van der Waals surface area contributed by atoms with Crippen LogP contribution < -0.4 is 5.73 Å². The third-order valence-electron chi connectivity index (χ3n) is 15.4. The standard InChI is InChI=1S/C37H60N2O7.2C2H2.CH4O.CH4/c1-21-36-15-14-35(7)24-8-10-26(32(34(5,6)42)44-22(2)40)45-27(24)18-25(35)23(36)9-11-28-33(3,4)29(12-13-37(21,28)36)46-31-20-39(16-17-43-31)19-30(38)41;3*1-2;/h21,23-29,31-32,42H,8-20H2,1-7H3,(H2,38,41);2*1-2H;2H,1H3;1H4/t21-,23-,24?,25?,26+,27?,28?,29-,31?,32-,35+,36-,37?;;;;/m0..../s1. The molecule has 2 heterocycles. The van der Waals surface area contributed by atoms with Crippen LogP contribution in [0.1, 0.15) is 114 Å². The molecule has 5 saturated carbocycles. The van der Waals surface area contributed by atoms with Crippen molar-refractivity contribution in [3.8, 4) is 25.7 Å². The molecule has 0 bridgehead atoms. The van der Waals surface area contributed by atoms with Crippen LogP contribution in [0.25, 0.3) is 0 Å². The van der Waals surface area contributed by atoms with Gasteiger partial charge in [-0.1, -0.05) is 35.1 Å². The summed E-state index contributed by atoms with van der Waals surface area (Å²) in [5.74, 6) is 2.58. The highest BCUT2D eigenvalue weighted by Crippen LogP contribution is 2.89. The van der Waals surface area contributed by atoms with Crippen molar-refractivity contribution in [1.82, 2.24) is 4.90 Å². The maximum Gasteiger partial charge on any atom is 0.303 e. The Morgan fingerprint density at radius 1 is 0.962 bits per heavy atom. The molecule has 5 aliphatic carbocycles. The number of aliphatic hydroxyl groups excluding tert-OH is 1. The number of primary amides is 1. The second-order valence-electron chi connectivity index (χ2n) is 18.0. The lowest BCUT2D eigenvalue weighted by atomic mass is 9.46. The van der Waals surface area contributed by atoms with Crippen molar-refractivity contribution < 1.29 is 38.7 Å². The Morgan fingerprint density at radius 3 is 2.21 bits per heavy atom. The van der Waals surface area contributed by atoms with E-state index in [0.29, 0.717) is 48.3 Å². The average molecular weight is 745 g/mol. The number of carbonyl (C=O) groups excluding carboxylic acids is 2. The van der Waals surface area contributed by atoms with Gasteiger partial charge in [0.2, 0.25) is 5.91 Å². The first-order valence-corrected chi connectivity index (χ1v) is 19.5. The normalized spacial score (nSPS) is 42.3. The molecular formula is C43H72N2O8. The topological polar surface area (TPSA) is 141 Å². The van der Waals surface area contributed by atoms with Gasteiger partial charge in [0.25, 0.3) is 0 Å².